The van der Waals surface area contributed by atoms with Gasteiger partial charge in [0.2, 0.25) is 0 Å². The van der Waals surface area contributed by atoms with Gasteiger partial charge in [0.15, 0.2) is 0 Å². The van der Waals surface area contributed by atoms with Gasteiger partial charge in [0, 0.05) is 0 Å². The number of allylic oxidation sites excluding steroid dienone is 2. The van der Waals surface area contributed by atoms with E-state index in [1.54, 1.807) is 26.0 Å². The van der Waals surface area contributed by atoms with Gasteiger partial charge >= 0.3 is 6.18 Å². The fourth-order valence-corrected chi connectivity index (χ4v) is 1.89. The van der Waals surface area contributed by atoms with Crippen LogP contribution in [0, 0.1) is 11.3 Å². The average molecular weight is 178 g/mol. The first-order valence-corrected chi connectivity index (χ1v) is 4.17. The fraction of sp³-hybridized carbons (Fsp3) is 0.778. The summed E-state index contributed by atoms with van der Waals surface area (Å²) in [5.41, 5.74) is -1.48. The predicted molar refractivity (Wildman–Crippen MR) is 41.7 cm³/mol. The Kier molecular flexibility index (Phi) is 2.23. The van der Waals surface area contributed by atoms with Crippen molar-refractivity contribution in [2.45, 2.75) is 32.9 Å². The van der Waals surface area contributed by atoms with Gasteiger partial charge in [-0.25, -0.2) is 0 Å². The zero-order valence-corrected chi connectivity index (χ0v) is 7.28. The first-order valence-electron chi connectivity index (χ1n) is 4.17. The van der Waals surface area contributed by atoms with Crippen LogP contribution in [-0.4, -0.2) is 6.18 Å². The van der Waals surface area contributed by atoms with Crippen LogP contribution >= 0.6 is 0 Å². The lowest BCUT2D eigenvalue weighted by Crippen LogP contribution is -2.39. The standard InChI is InChI=1S/C9H13F3/c1-3-8(9(10,11)12)6-4-5-7(8)2/h4-5,7H,3,6H2,1-2H3/t7-,8?/m1/s1. The number of alkyl halides is 3. The van der Waals surface area contributed by atoms with E-state index in [2.05, 4.69) is 0 Å². The molecule has 1 aliphatic rings. The molecule has 3 heteroatoms. The van der Waals surface area contributed by atoms with Crippen molar-refractivity contribution in [3.05, 3.63) is 12.2 Å². The summed E-state index contributed by atoms with van der Waals surface area (Å²) in [6, 6.07) is 0. The molecule has 70 valence electrons. The molecule has 0 fully saturated rings. The zero-order valence-electron chi connectivity index (χ0n) is 7.28. The van der Waals surface area contributed by atoms with Crippen molar-refractivity contribution in [2.75, 3.05) is 0 Å². The maximum absolute atomic E-state index is 12.6. The van der Waals surface area contributed by atoms with E-state index in [0.717, 1.165) is 0 Å². The highest BCUT2D eigenvalue weighted by molar-refractivity contribution is 5.10. The number of rotatable bonds is 1. The highest BCUT2D eigenvalue weighted by atomic mass is 19.4. The lowest BCUT2D eigenvalue weighted by molar-refractivity contribution is -0.233. The second-order valence-electron chi connectivity index (χ2n) is 3.43. The monoisotopic (exact) mass is 178 g/mol. The van der Waals surface area contributed by atoms with Gasteiger partial charge in [-0.05, 0) is 18.8 Å². The van der Waals surface area contributed by atoms with Crippen molar-refractivity contribution >= 4 is 0 Å². The molecule has 1 aliphatic carbocycles. The van der Waals surface area contributed by atoms with E-state index < -0.39 is 11.6 Å². The quantitative estimate of drug-likeness (QED) is 0.539. The molecule has 0 spiro atoms. The van der Waals surface area contributed by atoms with E-state index >= 15 is 0 Å². The second kappa shape index (κ2) is 2.79. The van der Waals surface area contributed by atoms with Crippen LogP contribution < -0.4 is 0 Å². The molecular weight excluding hydrogens is 165 g/mol. The normalized spacial score (nSPS) is 35.9. The summed E-state index contributed by atoms with van der Waals surface area (Å²) in [4.78, 5) is 0. The van der Waals surface area contributed by atoms with Crippen LogP contribution in [0.2, 0.25) is 0 Å². The third-order valence-corrected chi connectivity index (χ3v) is 2.97. The molecule has 0 aliphatic heterocycles. The molecule has 0 N–H and O–H groups in total. The van der Waals surface area contributed by atoms with Crippen LogP contribution in [0.1, 0.15) is 26.7 Å². The van der Waals surface area contributed by atoms with E-state index in [1.807, 2.05) is 0 Å². The Bertz CT molecular complexity index is 192. The van der Waals surface area contributed by atoms with Crippen molar-refractivity contribution in [3.63, 3.8) is 0 Å². The summed E-state index contributed by atoms with van der Waals surface area (Å²) < 4.78 is 37.9. The van der Waals surface area contributed by atoms with E-state index in [4.69, 9.17) is 0 Å². The van der Waals surface area contributed by atoms with Gasteiger partial charge in [0.05, 0.1) is 5.41 Å². The third kappa shape index (κ3) is 1.15. The predicted octanol–water partition coefficient (Wildman–Crippen LogP) is 3.54. The molecule has 0 heterocycles. The Morgan fingerprint density at radius 1 is 1.50 bits per heavy atom. The van der Waals surface area contributed by atoms with Crippen LogP contribution in [0.5, 0.6) is 0 Å². The molecule has 0 aromatic carbocycles. The summed E-state index contributed by atoms with van der Waals surface area (Å²) in [5.74, 6) is -0.373. The summed E-state index contributed by atoms with van der Waals surface area (Å²) in [7, 11) is 0. The molecule has 0 aromatic rings. The number of hydrogen-bond donors (Lipinski definition) is 0. The van der Waals surface area contributed by atoms with Gasteiger partial charge in [0.1, 0.15) is 0 Å². The van der Waals surface area contributed by atoms with Crippen LogP contribution in [0.4, 0.5) is 13.2 Å². The molecule has 0 nitrogen and oxygen atoms in total. The molecule has 12 heavy (non-hydrogen) atoms. The molecule has 0 radical (unpaired) electrons. The minimum atomic E-state index is -4.06. The minimum absolute atomic E-state index is 0.147. The Morgan fingerprint density at radius 2 is 2.08 bits per heavy atom. The van der Waals surface area contributed by atoms with Gasteiger partial charge in [-0.3, -0.25) is 0 Å². The van der Waals surface area contributed by atoms with Crippen LogP contribution in [-0.2, 0) is 0 Å². The van der Waals surface area contributed by atoms with E-state index in [0.29, 0.717) is 0 Å². The van der Waals surface area contributed by atoms with Gasteiger partial charge in [-0.2, -0.15) is 13.2 Å². The number of hydrogen-bond acceptors (Lipinski definition) is 0. The van der Waals surface area contributed by atoms with Crippen molar-refractivity contribution in [1.29, 1.82) is 0 Å². The largest absolute Gasteiger partial charge is 0.395 e. The van der Waals surface area contributed by atoms with Crippen molar-refractivity contribution < 1.29 is 13.2 Å². The highest BCUT2D eigenvalue weighted by Crippen LogP contribution is 2.52. The Morgan fingerprint density at radius 3 is 2.25 bits per heavy atom. The Labute approximate surface area is 70.5 Å². The maximum atomic E-state index is 12.6. The molecular formula is C9H13F3. The molecule has 1 rings (SSSR count). The fourth-order valence-electron chi connectivity index (χ4n) is 1.89. The first kappa shape index (κ1) is 9.62. The first-order chi connectivity index (χ1) is 5.44. The van der Waals surface area contributed by atoms with Crippen LogP contribution in [0.3, 0.4) is 0 Å². The van der Waals surface area contributed by atoms with E-state index in [1.165, 1.54) is 0 Å². The molecule has 0 saturated heterocycles. The summed E-state index contributed by atoms with van der Waals surface area (Å²) in [5, 5.41) is 0. The average Bonchev–Trinajstić information content (AvgIpc) is 2.30. The summed E-state index contributed by atoms with van der Waals surface area (Å²) >= 11 is 0. The van der Waals surface area contributed by atoms with Gasteiger partial charge < -0.3 is 0 Å². The summed E-state index contributed by atoms with van der Waals surface area (Å²) in [6.07, 6.45) is -0.442. The Balaban J connectivity index is 2.92. The highest BCUT2D eigenvalue weighted by Gasteiger charge is 2.56. The SMILES string of the molecule is CCC1(C(F)(F)F)CC=C[C@H]1C. The van der Waals surface area contributed by atoms with Crippen molar-refractivity contribution in [1.82, 2.24) is 0 Å². The van der Waals surface area contributed by atoms with E-state index in [9.17, 15) is 13.2 Å². The molecule has 0 aromatic heterocycles. The Hall–Kier alpha value is -0.470. The molecule has 0 bridgehead atoms. The second-order valence-corrected chi connectivity index (χ2v) is 3.43. The van der Waals surface area contributed by atoms with E-state index in [-0.39, 0.29) is 18.8 Å². The number of halogens is 3. The molecule has 0 amide bonds. The minimum Gasteiger partial charge on any atom is -0.170 e. The summed E-state index contributed by atoms with van der Waals surface area (Å²) in [6.45, 7) is 3.25. The lowest BCUT2D eigenvalue weighted by Gasteiger charge is -2.34. The maximum Gasteiger partial charge on any atom is 0.395 e. The zero-order chi connectivity index (χ0) is 9.41. The van der Waals surface area contributed by atoms with Gasteiger partial charge in [-0.15, -0.1) is 0 Å². The smallest absolute Gasteiger partial charge is 0.170 e. The van der Waals surface area contributed by atoms with Gasteiger partial charge in [0.25, 0.3) is 0 Å². The molecule has 2 atom stereocenters. The van der Waals surface area contributed by atoms with Crippen LogP contribution in [0.25, 0.3) is 0 Å². The van der Waals surface area contributed by atoms with Crippen LogP contribution in [0.15, 0.2) is 12.2 Å². The molecule has 0 saturated carbocycles. The third-order valence-electron chi connectivity index (χ3n) is 2.97. The lowest BCUT2D eigenvalue weighted by atomic mass is 9.75. The van der Waals surface area contributed by atoms with Crippen molar-refractivity contribution in [3.8, 4) is 0 Å². The topological polar surface area (TPSA) is 0 Å². The van der Waals surface area contributed by atoms with Gasteiger partial charge in [-0.1, -0.05) is 26.0 Å². The van der Waals surface area contributed by atoms with Crippen molar-refractivity contribution in [2.24, 2.45) is 11.3 Å². The molecule has 1 unspecified atom stereocenters.